The van der Waals surface area contributed by atoms with Gasteiger partial charge in [-0.3, -0.25) is 0 Å². The number of hydrogen-bond donors (Lipinski definition) is 2. The minimum absolute atomic E-state index is 0.147. The monoisotopic (exact) mass is 302 g/mol. The SMILES string of the molecule is CN1CCCC1CNS(=O)(=O)c1cc(CO)ccc1F. The lowest BCUT2D eigenvalue weighted by Gasteiger charge is -2.19. The van der Waals surface area contributed by atoms with Crippen LogP contribution in [0.1, 0.15) is 18.4 Å². The zero-order valence-corrected chi connectivity index (χ0v) is 12.2. The molecule has 7 heteroatoms. The molecule has 5 nitrogen and oxygen atoms in total. The first-order valence-corrected chi connectivity index (χ1v) is 8.01. The molecule has 1 saturated heterocycles. The summed E-state index contributed by atoms with van der Waals surface area (Å²) in [7, 11) is -1.95. The molecule has 1 aromatic carbocycles. The Morgan fingerprint density at radius 2 is 2.25 bits per heavy atom. The number of sulfonamides is 1. The van der Waals surface area contributed by atoms with Gasteiger partial charge in [0.2, 0.25) is 10.0 Å². The lowest BCUT2D eigenvalue weighted by Crippen LogP contribution is -2.38. The molecule has 2 rings (SSSR count). The van der Waals surface area contributed by atoms with Crippen LogP contribution in [0.3, 0.4) is 0 Å². The Labute approximate surface area is 118 Å². The van der Waals surface area contributed by atoms with Gasteiger partial charge in [0, 0.05) is 12.6 Å². The van der Waals surface area contributed by atoms with Crippen molar-refractivity contribution in [1.29, 1.82) is 0 Å². The maximum atomic E-state index is 13.7. The molecule has 112 valence electrons. The molecule has 1 atom stereocenters. The number of likely N-dealkylation sites (N-methyl/N-ethyl adjacent to an activating group) is 1. The third-order valence-electron chi connectivity index (χ3n) is 3.65. The van der Waals surface area contributed by atoms with Crippen molar-refractivity contribution >= 4 is 10.0 Å². The molecule has 1 unspecified atom stereocenters. The molecule has 1 aliphatic heterocycles. The first kappa shape index (κ1) is 15.4. The minimum Gasteiger partial charge on any atom is -0.392 e. The van der Waals surface area contributed by atoms with E-state index in [1.807, 2.05) is 7.05 Å². The van der Waals surface area contributed by atoms with Crippen LogP contribution in [0, 0.1) is 5.82 Å². The van der Waals surface area contributed by atoms with E-state index in [1.165, 1.54) is 6.07 Å². The zero-order chi connectivity index (χ0) is 14.8. The van der Waals surface area contributed by atoms with Gasteiger partial charge in [0.1, 0.15) is 10.7 Å². The number of hydrogen-bond acceptors (Lipinski definition) is 4. The number of nitrogens with zero attached hydrogens (tertiary/aromatic N) is 1. The number of halogens is 1. The Bertz CT molecular complexity index is 577. The van der Waals surface area contributed by atoms with Crippen molar-refractivity contribution in [3.63, 3.8) is 0 Å². The van der Waals surface area contributed by atoms with E-state index < -0.39 is 20.7 Å². The summed E-state index contributed by atoms with van der Waals surface area (Å²) in [5.41, 5.74) is 0.366. The second kappa shape index (κ2) is 6.17. The maximum absolute atomic E-state index is 13.7. The van der Waals surface area contributed by atoms with Crippen LogP contribution >= 0.6 is 0 Å². The van der Waals surface area contributed by atoms with Gasteiger partial charge in [0.25, 0.3) is 0 Å². The molecule has 1 fully saturated rings. The average molecular weight is 302 g/mol. The standard InChI is InChI=1S/C13H19FN2O3S/c1-16-6-2-3-11(16)8-15-20(18,19)13-7-10(9-17)4-5-12(13)14/h4-5,7,11,15,17H,2-3,6,8-9H2,1H3. The highest BCUT2D eigenvalue weighted by atomic mass is 32.2. The molecule has 0 aliphatic carbocycles. The van der Waals surface area contributed by atoms with Crippen molar-refractivity contribution in [3.8, 4) is 0 Å². The molecule has 1 aliphatic rings. The molecule has 0 saturated carbocycles. The van der Waals surface area contributed by atoms with Crippen LogP contribution in [-0.2, 0) is 16.6 Å². The predicted octanol–water partition coefficient (Wildman–Crippen LogP) is 0.690. The van der Waals surface area contributed by atoms with Gasteiger partial charge >= 0.3 is 0 Å². The summed E-state index contributed by atoms with van der Waals surface area (Å²) in [5, 5.41) is 9.01. The Morgan fingerprint density at radius 3 is 2.85 bits per heavy atom. The summed E-state index contributed by atoms with van der Waals surface area (Å²) in [5.74, 6) is -0.811. The average Bonchev–Trinajstić information content (AvgIpc) is 2.82. The van der Waals surface area contributed by atoms with E-state index in [0.29, 0.717) is 5.56 Å². The lowest BCUT2D eigenvalue weighted by molar-refractivity contribution is 0.281. The van der Waals surface area contributed by atoms with Gasteiger partial charge < -0.3 is 10.0 Å². The molecule has 1 aromatic rings. The van der Waals surface area contributed by atoms with E-state index in [2.05, 4.69) is 9.62 Å². The Balaban J connectivity index is 2.13. The third kappa shape index (κ3) is 3.35. The molecule has 0 spiro atoms. The highest BCUT2D eigenvalue weighted by Crippen LogP contribution is 2.18. The van der Waals surface area contributed by atoms with Gasteiger partial charge in [-0.1, -0.05) is 6.07 Å². The normalized spacial score (nSPS) is 20.4. The van der Waals surface area contributed by atoms with Crippen LogP contribution in [0.15, 0.2) is 23.1 Å². The van der Waals surface area contributed by atoms with E-state index in [4.69, 9.17) is 5.11 Å². The van der Waals surface area contributed by atoms with Gasteiger partial charge in [-0.15, -0.1) is 0 Å². The molecule has 0 amide bonds. The van der Waals surface area contributed by atoms with E-state index in [1.54, 1.807) is 0 Å². The smallest absolute Gasteiger partial charge is 0.243 e. The van der Waals surface area contributed by atoms with E-state index in [-0.39, 0.29) is 19.2 Å². The largest absolute Gasteiger partial charge is 0.392 e. The quantitative estimate of drug-likeness (QED) is 0.840. The summed E-state index contributed by atoms with van der Waals surface area (Å²) in [6.07, 6.45) is 1.97. The molecular weight excluding hydrogens is 283 g/mol. The van der Waals surface area contributed by atoms with Gasteiger partial charge in [0.05, 0.1) is 6.61 Å². The second-order valence-electron chi connectivity index (χ2n) is 5.05. The van der Waals surface area contributed by atoms with Crippen LogP contribution in [0.5, 0.6) is 0 Å². The van der Waals surface area contributed by atoms with Crippen molar-refractivity contribution in [2.45, 2.75) is 30.4 Å². The zero-order valence-electron chi connectivity index (χ0n) is 11.3. The molecule has 0 radical (unpaired) electrons. The number of nitrogens with one attached hydrogen (secondary N) is 1. The van der Waals surface area contributed by atoms with Crippen molar-refractivity contribution < 1.29 is 17.9 Å². The highest BCUT2D eigenvalue weighted by Gasteiger charge is 2.25. The Morgan fingerprint density at radius 1 is 1.50 bits per heavy atom. The summed E-state index contributed by atoms with van der Waals surface area (Å²) in [4.78, 5) is 1.67. The van der Waals surface area contributed by atoms with Crippen LogP contribution in [0.4, 0.5) is 4.39 Å². The lowest BCUT2D eigenvalue weighted by atomic mass is 10.2. The summed E-state index contributed by atoms with van der Waals surface area (Å²) in [6.45, 7) is 0.885. The van der Waals surface area contributed by atoms with Crippen molar-refractivity contribution in [3.05, 3.63) is 29.6 Å². The second-order valence-corrected chi connectivity index (χ2v) is 6.79. The van der Waals surface area contributed by atoms with Crippen LogP contribution < -0.4 is 4.72 Å². The Kier molecular flexibility index (Phi) is 4.74. The summed E-state index contributed by atoms with van der Waals surface area (Å²) in [6, 6.07) is 3.73. The number of likely N-dealkylation sites (tertiary alicyclic amines) is 1. The van der Waals surface area contributed by atoms with Crippen molar-refractivity contribution in [2.24, 2.45) is 0 Å². The molecule has 1 heterocycles. The van der Waals surface area contributed by atoms with Gasteiger partial charge in [0.15, 0.2) is 0 Å². The molecule has 0 aromatic heterocycles. The third-order valence-corrected chi connectivity index (χ3v) is 5.09. The predicted molar refractivity (Wildman–Crippen MR) is 73.2 cm³/mol. The fourth-order valence-corrected chi connectivity index (χ4v) is 3.57. The highest BCUT2D eigenvalue weighted by molar-refractivity contribution is 7.89. The number of rotatable bonds is 5. The van der Waals surface area contributed by atoms with E-state index in [9.17, 15) is 12.8 Å². The summed E-state index contributed by atoms with van der Waals surface area (Å²) < 4.78 is 40.4. The fraction of sp³-hybridized carbons (Fsp3) is 0.538. The molecule has 20 heavy (non-hydrogen) atoms. The molecular formula is C13H19FN2O3S. The van der Waals surface area contributed by atoms with Crippen molar-refractivity contribution in [1.82, 2.24) is 9.62 Å². The maximum Gasteiger partial charge on any atom is 0.243 e. The van der Waals surface area contributed by atoms with E-state index in [0.717, 1.165) is 31.5 Å². The minimum atomic E-state index is -3.90. The van der Waals surface area contributed by atoms with Gasteiger partial charge in [-0.25, -0.2) is 17.5 Å². The Hall–Kier alpha value is -1.02. The number of aliphatic hydroxyl groups excluding tert-OH is 1. The van der Waals surface area contributed by atoms with Crippen LogP contribution in [0.25, 0.3) is 0 Å². The first-order chi connectivity index (χ1) is 9.44. The van der Waals surface area contributed by atoms with Crippen molar-refractivity contribution in [2.75, 3.05) is 20.1 Å². The van der Waals surface area contributed by atoms with Gasteiger partial charge in [-0.2, -0.15) is 0 Å². The van der Waals surface area contributed by atoms with Gasteiger partial charge in [-0.05, 0) is 44.1 Å². The molecule has 0 bridgehead atoms. The number of benzene rings is 1. The summed E-state index contributed by atoms with van der Waals surface area (Å²) >= 11 is 0. The number of aliphatic hydroxyl groups is 1. The first-order valence-electron chi connectivity index (χ1n) is 6.53. The van der Waals surface area contributed by atoms with Crippen LogP contribution in [0.2, 0.25) is 0 Å². The molecule has 2 N–H and O–H groups in total. The van der Waals surface area contributed by atoms with Crippen LogP contribution in [-0.4, -0.2) is 44.6 Å². The topological polar surface area (TPSA) is 69.6 Å². The fourth-order valence-electron chi connectivity index (χ4n) is 2.37. The van der Waals surface area contributed by atoms with E-state index >= 15 is 0 Å².